The van der Waals surface area contributed by atoms with E-state index in [1.165, 1.54) is 0 Å². The first kappa shape index (κ1) is 13.7. The van der Waals surface area contributed by atoms with Crippen molar-refractivity contribution in [2.75, 3.05) is 6.61 Å². The maximum Gasteiger partial charge on any atom is 0.315 e. The number of esters is 1. The lowest BCUT2D eigenvalue weighted by Crippen LogP contribution is -2.47. The SMILES string of the molecule is CC(C)(C(=O)OC1CC2CC1C1(CO[C@H](O)C1)C2)C12NC1N2. The fourth-order valence-electron chi connectivity index (χ4n) is 5.44. The van der Waals surface area contributed by atoms with Crippen molar-refractivity contribution in [3.63, 3.8) is 0 Å². The Balaban J connectivity index is 1.31. The van der Waals surface area contributed by atoms with Gasteiger partial charge in [-0.2, -0.15) is 0 Å². The summed E-state index contributed by atoms with van der Waals surface area (Å²) in [6, 6.07) is 0. The first-order chi connectivity index (χ1) is 10.4. The summed E-state index contributed by atoms with van der Waals surface area (Å²) < 4.78 is 11.4. The van der Waals surface area contributed by atoms with Crippen molar-refractivity contribution in [3.05, 3.63) is 0 Å². The van der Waals surface area contributed by atoms with Gasteiger partial charge in [0.25, 0.3) is 0 Å². The molecule has 5 aliphatic rings. The van der Waals surface area contributed by atoms with Crippen LogP contribution < -0.4 is 10.6 Å². The van der Waals surface area contributed by atoms with E-state index in [2.05, 4.69) is 10.6 Å². The predicted molar refractivity (Wildman–Crippen MR) is 76.3 cm³/mol. The van der Waals surface area contributed by atoms with E-state index >= 15 is 0 Å². The van der Waals surface area contributed by atoms with Crippen LogP contribution in [0.2, 0.25) is 0 Å². The second-order valence-electron chi connectivity index (χ2n) is 8.58. The van der Waals surface area contributed by atoms with Crippen LogP contribution in [0.3, 0.4) is 0 Å². The Morgan fingerprint density at radius 3 is 2.59 bits per heavy atom. The van der Waals surface area contributed by atoms with Gasteiger partial charge in [-0.25, -0.2) is 0 Å². The van der Waals surface area contributed by atoms with Crippen molar-refractivity contribution in [2.45, 2.75) is 63.8 Å². The molecule has 6 heteroatoms. The van der Waals surface area contributed by atoms with Gasteiger partial charge in [-0.1, -0.05) is 0 Å². The molecule has 0 radical (unpaired) electrons. The van der Waals surface area contributed by atoms with E-state index in [4.69, 9.17) is 9.47 Å². The second-order valence-corrected chi connectivity index (χ2v) is 8.58. The van der Waals surface area contributed by atoms with Gasteiger partial charge in [0.1, 0.15) is 11.8 Å². The monoisotopic (exact) mass is 308 g/mol. The molecule has 2 saturated carbocycles. The van der Waals surface area contributed by atoms with E-state index in [1.807, 2.05) is 13.8 Å². The summed E-state index contributed by atoms with van der Waals surface area (Å²) in [5, 5.41) is 16.3. The van der Waals surface area contributed by atoms with Gasteiger partial charge in [0, 0.05) is 17.8 Å². The molecule has 0 aromatic heterocycles. The molecule has 2 aliphatic carbocycles. The first-order valence-electron chi connectivity index (χ1n) is 8.42. The molecule has 3 N–H and O–H groups in total. The van der Waals surface area contributed by atoms with Crippen LogP contribution in [0, 0.1) is 22.7 Å². The van der Waals surface area contributed by atoms with E-state index in [1.54, 1.807) is 0 Å². The summed E-state index contributed by atoms with van der Waals surface area (Å²) in [7, 11) is 0. The largest absolute Gasteiger partial charge is 0.462 e. The Kier molecular flexibility index (Phi) is 2.41. The van der Waals surface area contributed by atoms with E-state index in [9.17, 15) is 9.90 Å². The van der Waals surface area contributed by atoms with Crippen molar-refractivity contribution in [2.24, 2.45) is 22.7 Å². The zero-order valence-corrected chi connectivity index (χ0v) is 13.1. The van der Waals surface area contributed by atoms with Crippen molar-refractivity contribution in [1.29, 1.82) is 0 Å². The van der Waals surface area contributed by atoms with Crippen molar-refractivity contribution < 1.29 is 19.4 Å². The Bertz CT molecular complexity index is 540. The summed E-state index contributed by atoms with van der Waals surface area (Å²) >= 11 is 0. The summed E-state index contributed by atoms with van der Waals surface area (Å²) in [5.74, 6) is 0.852. The molecular weight excluding hydrogens is 284 g/mol. The van der Waals surface area contributed by atoms with E-state index < -0.39 is 11.7 Å². The van der Waals surface area contributed by atoms with Crippen LogP contribution in [-0.4, -0.2) is 41.9 Å². The lowest BCUT2D eigenvalue weighted by molar-refractivity contribution is -0.166. The van der Waals surface area contributed by atoms with Gasteiger partial charge in [-0.05, 0) is 39.0 Å². The lowest BCUT2D eigenvalue weighted by Gasteiger charge is -2.38. The van der Waals surface area contributed by atoms with Gasteiger partial charge >= 0.3 is 5.97 Å². The normalized spacial score (nSPS) is 54.6. The number of ether oxygens (including phenoxy) is 2. The van der Waals surface area contributed by atoms with Gasteiger partial charge in [-0.15, -0.1) is 0 Å². The van der Waals surface area contributed by atoms with Crippen molar-refractivity contribution >= 4 is 5.97 Å². The molecule has 3 aliphatic heterocycles. The highest BCUT2D eigenvalue weighted by atomic mass is 16.6. The molecule has 5 atom stereocenters. The number of nitrogens with one attached hydrogen (secondary N) is 2. The van der Waals surface area contributed by atoms with Crippen molar-refractivity contribution in [1.82, 2.24) is 10.6 Å². The van der Waals surface area contributed by atoms with Crippen LogP contribution in [0.1, 0.15) is 39.5 Å². The number of hydrogen-bond acceptors (Lipinski definition) is 6. The molecule has 3 heterocycles. The fourth-order valence-corrected chi connectivity index (χ4v) is 5.44. The standard InChI is InChI=1S/C16H24N2O4/c1-14(2,16-12(17-16)18-16)13(20)22-10-4-8-3-9(10)15(5-8)6-11(19)21-7-15/h8-12,17-19H,3-7H2,1-2H3/t8?,9?,10?,11-,12?,15?,16?/m0/s1. The quantitative estimate of drug-likeness (QED) is 0.512. The number of aliphatic hydroxyl groups is 1. The Morgan fingerprint density at radius 2 is 2.05 bits per heavy atom. The molecule has 3 saturated heterocycles. The Morgan fingerprint density at radius 1 is 1.32 bits per heavy atom. The minimum atomic E-state index is -0.641. The molecule has 5 rings (SSSR count). The third-order valence-corrected chi connectivity index (χ3v) is 6.99. The minimum Gasteiger partial charge on any atom is -0.462 e. The molecule has 0 aromatic carbocycles. The summed E-state index contributed by atoms with van der Waals surface area (Å²) in [6.45, 7) is 4.52. The number of carbonyl (C=O) groups excluding carboxylic acids is 1. The average molecular weight is 308 g/mol. The Hall–Kier alpha value is -0.690. The molecule has 5 fully saturated rings. The van der Waals surface area contributed by atoms with E-state index in [-0.39, 0.29) is 23.2 Å². The molecule has 1 spiro atoms. The topological polar surface area (TPSA) is 99.6 Å². The third-order valence-electron chi connectivity index (χ3n) is 6.99. The van der Waals surface area contributed by atoms with Crippen LogP contribution in [-0.2, 0) is 14.3 Å². The van der Waals surface area contributed by atoms with Gasteiger partial charge in [-0.3, -0.25) is 15.4 Å². The van der Waals surface area contributed by atoms with Crippen LogP contribution in [0.4, 0.5) is 0 Å². The maximum absolute atomic E-state index is 12.7. The maximum atomic E-state index is 12.7. The molecule has 22 heavy (non-hydrogen) atoms. The highest BCUT2D eigenvalue weighted by molar-refractivity contribution is 5.80. The molecule has 6 nitrogen and oxygen atoms in total. The highest BCUT2D eigenvalue weighted by Gasteiger charge is 2.79. The smallest absolute Gasteiger partial charge is 0.315 e. The molecule has 0 amide bonds. The van der Waals surface area contributed by atoms with Crippen LogP contribution in [0.25, 0.3) is 0 Å². The van der Waals surface area contributed by atoms with Gasteiger partial charge in [0.05, 0.1) is 18.2 Å². The molecular formula is C16H24N2O4. The summed E-state index contributed by atoms with van der Waals surface area (Å²) in [4.78, 5) is 12.7. The van der Waals surface area contributed by atoms with Crippen LogP contribution in [0.5, 0.6) is 0 Å². The van der Waals surface area contributed by atoms with E-state index in [0.717, 1.165) is 19.3 Å². The second kappa shape index (κ2) is 3.86. The number of aliphatic hydroxyl groups excluding tert-OH is 1. The number of rotatable bonds is 3. The van der Waals surface area contributed by atoms with Crippen LogP contribution >= 0.6 is 0 Å². The van der Waals surface area contributed by atoms with Gasteiger partial charge in [0.15, 0.2) is 6.29 Å². The number of fused-ring (bicyclic) bond motifs is 4. The zero-order valence-electron chi connectivity index (χ0n) is 13.1. The molecule has 122 valence electrons. The van der Waals surface area contributed by atoms with Gasteiger partial charge in [0.2, 0.25) is 0 Å². The molecule has 0 aromatic rings. The molecule has 4 unspecified atom stereocenters. The van der Waals surface area contributed by atoms with E-state index in [0.29, 0.717) is 31.0 Å². The summed E-state index contributed by atoms with van der Waals surface area (Å²) in [6.07, 6.45) is 3.53. The third kappa shape index (κ3) is 1.57. The Labute approximate surface area is 129 Å². The average Bonchev–Trinajstić information content (AvgIpc) is 3.17. The minimum absolute atomic E-state index is 0.00762. The number of carbonyl (C=O) groups is 1. The highest BCUT2D eigenvalue weighted by Crippen LogP contribution is 2.61. The predicted octanol–water partition coefficient (Wildman–Crippen LogP) is 0.308. The lowest BCUT2D eigenvalue weighted by atomic mass is 9.71. The zero-order chi connectivity index (χ0) is 15.3. The van der Waals surface area contributed by atoms with Crippen molar-refractivity contribution in [3.8, 4) is 0 Å². The molecule has 2 bridgehead atoms. The van der Waals surface area contributed by atoms with Crippen LogP contribution in [0.15, 0.2) is 0 Å². The first-order valence-corrected chi connectivity index (χ1v) is 8.42. The summed E-state index contributed by atoms with van der Waals surface area (Å²) in [5.41, 5.74) is -0.724. The van der Waals surface area contributed by atoms with Gasteiger partial charge < -0.3 is 14.6 Å². The fraction of sp³-hybridized carbons (Fsp3) is 0.938. The number of hydrogen-bond donors (Lipinski definition) is 3.